The molecule has 1 N–H and O–H groups in total. The van der Waals surface area contributed by atoms with Crippen molar-refractivity contribution in [3.63, 3.8) is 0 Å². The molecule has 1 aromatic heterocycles. The Labute approximate surface area is 255 Å². The minimum atomic E-state index is -2.75. The average molecular weight is 626 g/mol. The van der Waals surface area contributed by atoms with Gasteiger partial charge >= 0.3 is 0 Å². The minimum absolute atomic E-state index is 0.170. The highest BCUT2D eigenvalue weighted by Crippen LogP contribution is 2.39. The van der Waals surface area contributed by atoms with Gasteiger partial charge in [-0.2, -0.15) is 0 Å². The SMILES string of the molecule is Cn1cc(-c2cc(CCN[SH](=O)=O)ccc2Oc2ccc(F)cc2F)c(OCc2ccc(CN3CCOCC3)cc2)cc1=O. The quantitative estimate of drug-likeness (QED) is 0.228. The summed E-state index contributed by atoms with van der Waals surface area (Å²) in [4.78, 5) is 15.0. The molecule has 44 heavy (non-hydrogen) atoms. The lowest BCUT2D eigenvalue weighted by molar-refractivity contribution is 0.0342. The number of morpholine rings is 1. The third-order valence-electron chi connectivity index (χ3n) is 7.22. The van der Waals surface area contributed by atoms with Crippen molar-refractivity contribution >= 4 is 10.9 Å². The molecule has 0 bridgehead atoms. The zero-order valence-corrected chi connectivity index (χ0v) is 25.0. The van der Waals surface area contributed by atoms with Crippen molar-refractivity contribution in [3.8, 4) is 28.4 Å². The lowest BCUT2D eigenvalue weighted by atomic mass is 10.0. The standard InChI is InChI=1S/C32H33F2N3O6S/c1-36-20-27(31(18-32(36)38)42-21-24-4-2-23(3-5-24)19-37-12-14-41-15-13-37)26-16-22(10-11-35-44(39)40)6-8-29(26)43-30-9-7-25(33)17-28(30)34/h2-9,16-18,20,44H,10-15,19,21H2,1H3,(H,35,39,40). The van der Waals surface area contributed by atoms with Crippen LogP contribution in [0.15, 0.2) is 77.7 Å². The van der Waals surface area contributed by atoms with Crippen LogP contribution in [-0.2, 0) is 42.2 Å². The van der Waals surface area contributed by atoms with Gasteiger partial charge in [0.1, 0.15) is 23.9 Å². The van der Waals surface area contributed by atoms with Gasteiger partial charge in [-0.3, -0.25) is 9.69 Å². The van der Waals surface area contributed by atoms with Gasteiger partial charge in [-0.05, 0) is 47.4 Å². The van der Waals surface area contributed by atoms with Crippen LogP contribution in [-0.4, -0.2) is 50.7 Å². The van der Waals surface area contributed by atoms with Crippen LogP contribution in [0.3, 0.4) is 0 Å². The second-order valence-electron chi connectivity index (χ2n) is 10.4. The normalized spacial score (nSPS) is 13.7. The number of pyridine rings is 1. The summed E-state index contributed by atoms with van der Waals surface area (Å²) in [5, 5.41) is 0. The molecule has 1 aliphatic heterocycles. The van der Waals surface area contributed by atoms with Gasteiger partial charge in [0.25, 0.3) is 5.56 Å². The Hall–Kier alpha value is -4.10. The van der Waals surface area contributed by atoms with Gasteiger partial charge in [-0.1, -0.05) is 30.3 Å². The predicted octanol–water partition coefficient (Wildman–Crippen LogP) is 4.19. The summed E-state index contributed by atoms with van der Waals surface area (Å²) in [6.07, 6.45) is 1.96. The third kappa shape index (κ3) is 8.29. The summed E-state index contributed by atoms with van der Waals surface area (Å²) in [5.74, 6) is -1.28. The maximum atomic E-state index is 14.5. The number of aromatic nitrogens is 1. The fraction of sp³-hybridized carbons (Fsp3) is 0.281. The molecule has 0 atom stereocenters. The molecule has 1 aliphatic rings. The summed E-state index contributed by atoms with van der Waals surface area (Å²) in [6, 6.07) is 17.6. The van der Waals surface area contributed by atoms with Crippen LogP contribution in [0.2, 0.25) is 0 Å². The number of rotatable bonds is 12. The van der Waals surface area contributed by atoms with E-state index < -0.39 is 22.5 Å². The van der Waals surface area contributed by atoms with E-state index in [1.165, 1.54) is 22.3 Å². The summed E-state index contributed by atoms with van der Waals surface area (Å²) in [6.45, 7) is 4.44. The molecular formula is C32H33F2N3O6S. The number of nitrogens with zero attached hydrogens (tertiary/aromatic N) is 2. The largest absolute Gasteiger partial charge is 0.488 e. The number of ether oxygens (including phenoxy) is 3. The number of hydrogen-bond donors (Lipinski definition) is 2. The molecule has 232 valence electrons. The second kappa shape index (κ2) is 14.6. The van der Waals surface area contributed by atoms with Crippen molar-refractivity contribution in [3.05, 3.63) is 112 Å². The first-order valence-electron chi connectivity index (χ1n) is 14.1. The average Bonchev–Trinajstić information content (AvgIpc) is 3.00. The lowest BCUT2D eigenvalue weighted by Crippen LogP contribution is -2.35. The van der Waals surface area contributed by atoms with E-state index in [-0.39, 0.29) is 36.0 Å². The van der Waals surface area contributed by atoms with Crippen LogP contribution < -0.4 is 19.8 Å². The van der Waals surface area contributed by atoms with Gasteiger partial charge in [-0.15, -0.1) is 0 Å². The van der Waals surface area contributed by atoms with Crippen LogP contribution in [0.25, 0.3) is 11.1 Å². The van der Waals surface area contributed by atoms with Crippen LogP contribution in [0.4, 0.5) is 8.78 Å². The van der Waals surface area contributed by atoms with Gasteiger partial charge in [0.2, 0.25) is 10.9 Å². The van der Waals surface area contributed by atoms with Gasteiger partial charge in [0.05, 0.1) is 13.2 Å². The monoisotopic (exact) mass is 625 g/mol. The van der Waals surface area contributed by atoms with Crippen molar-refractivity contribution in [2.24, 2.45) is 7.05 Å². The molecule has 0 amide bonds. The van der Waals surface area contributed by atoms with Crippen molar-refractivity contribution in [2.45, 2.75) is 19.6 Å². The van der Waals surface area contributed by atoms with Crippen LogP contribution >= 0.6 is 0 Å². The molecule has 1 saturated heterocycles. The van der Waals surface area contributed by atoms with E-state index in [0.717, 1.165) is 56.1 Å². The summed E-state index contributed by atoms with van der Waals surface area (Å²) >= 11 is 0. The summed E-state index contributed by atoms with van der Waals surface area (Å²) < 4.78 is 71.3. The van der Waals surface area contributed by atoms with E-state index >= 15 is 0 Å². The van der Waals surface area contributed by atoms with Crippen molar-refractivity contribution in [1.29, 1.82) is 0 Å². The highest BCUT2D eigenvalue weighted by atomic mass is 32.2. The van der Waals surface area contributed by atoms with Gasteiger partial charge in [-0.25, -0.2) is 21.9 Å². The minimum Gasteiger partial charge on any atom is -0.488 e. The highest BCUT2D eigenvalue weighted by molar-refractivity contribution is 7.70. The molecular weight excluding hydrogens is 592 g/mol. The molecule has 5 rings (SSSR count). The van der Waals surface area contributed by atoms with E-state index in [0.29, 0.717) is 17.5 Å². The van der Waals surface area contributed by atoms with Crippen molar-refractivity contribution in [2.75, 3.05) is 32.8 Å². The zero-order valence-electron chi connectivity index (χ0n) is 24.1. The Bertz CT molecular complexity index is 1730. The fourth-order valence-corrected chi connectivity index (χ4v) is 5.15. The highest BCUT2D eigenvalue weighted by Gasteiger charge is 2.18. The zero-order chi connectivity index (χ0) is 31.1. The number of benzene rings is 3. The third-order valence-corrected chi connectivity index (χ3v) is 7.70. The Kier molecular flexibility index (Phi) is 10.4. The molecule has 0 unspecified atom stereocenters. The first kappa shape index (κ1) is 31.3. The number of hydrogen-bond acceptors (Lipinski definition) is 7. The van der Waals surface area contributed by atoms with E-state index in [1.54, 1.807) is 31.4 Å². The number of halogens is 2. The van der Waals surface area contributed by atoms with E-state index in [9.17, 15) is 22.0 Å². The molecule has 0 saturated carbocycles. The number of aryl methyl sites for hydroxylation is 1. The van der Waals surface area contributed by atoms with E-state index in [1.807, 2.05) is 12.1 Å². The maximum Gasteiger partial charge on any atom is 0.254 e. The smallest absolute Gasteiger partial charge is 0.254 e. The van der Waals surface area contributed by atoms with Gasteiger partial charge in [0, 0.05) is 62.7 Å². The Morgan fingerprint density at radius 2 is 1.57 bits per heavy atom. The maximum absolute atomic E-state index is 14.5. The summed E-state index contributed by atoms with van der Waals surface area (Å²) in [7, 11) is -1.16. The van der Waals surface area contributed by atoms with Crippen molar-refractivity contribution < 1.29 is 31.4 Å². The van der Waals surface area contributed by atoms with Crippen LogP contribution in [0.1, 0.15) is 16.7 Å². The van der Waals surface area contributed by atoms with Crippen molar-refractivity contribution in [1.82, 2.24) is 14.2 Å². The van der Waals surface area contributed by atoms with Crippen LogP contribution in [0, 0.1) is 11.6 Å². The molecule has 1 fully saturated rings. The van der Waals surface area contributed by atoms with E-state index in [2.05, 4.69) is 21.8 Å². The molecule has 9 nitrogen and oxygen atoms in total. The fourth-order valence-electron chi connectivity index (χ4n) is 4.85. The molecule has 0 radical (unpaired) electrons. The predicted molar refractivity (Wildman–Crippen MR) is 162 cm³/mol. The molecule has 2 heterocycles. The first-order valence-corrected chi connectivity index (χ1v) is 15.3. The Balaban J connectivity index is 1.44. The number of nitrogens with one attached hydrogen (secondary N) is 1. The Morgan fingerprint density at radius 1 is 0.864 bits per heavy atom. The van der Waals surface area contributed by atoms with Gasteiger partial charge in [0.15, 0.2) is 11.6 Å². The molecule has 3 aromatic carbocycles. The lowest BCUT2D eigenvalue weighted by Gasteiger charge is -2.26. The van der Waals surface area contributed by atoms with E-state index in [4.69, 9.17) is 14.2 Å². The molecule has 0 spiro atoms. The van der Waals surface area contributed by atoms with Gasteiger partial charge < -0.3 is 18.8 Å². The summed E-state index contributed by atoms with van der Waals surface area (Å²) in [5.41, 5.74) is 3.51. The topological polar surface area (TPSA) is 99.1 Å². The molecule has 12 heteroatoms. The molecule has 0 aliphatic carbocycles. The Morgan fingerprint density at radius 3 is 2.30 bits per heavy atom. The van der Waals surface area contributed by atoms with Crippen LogP contribution in [0.5, 0.6) is 17.2 Å². The number of thiol groups is 1. The first-order chi connectivity index (χ1) is 21.2. The molecule has 4 aromatic rings. The second-order valence-corrected chi connectivity index (χ2v) is 11.2.